The molecule has 0 radical (unpaired) electrons. The van der Waals surface area contributed by atoms with E-state index in [0.717, 1.165) is 30.0 Å². The summed E-state index contributed by atoms with van der Waals surface area (Å²) in [4.78, 5) is 12.0. The molecule has 1 unspecified atom stereocenters. The average molecular weight is 267 g/mol. The van der Waals surface area contributed by atoms with E-state index >= 15 is 0 Å². The average Bonchev–Trinajstić information content (AvgIpc) is 2.66. The van der Waals surface area contributed by atoms with Crippen molar-refractivity contribution >= 4 is 17.5 Å². The molecule has 0 aromatic heterocycles. The van der Waals surface area contributed by atoms with Crippen molar-refractivity contribution in [3.63, 3.8) is 0 Å². The van der Waals surface area contributed by atoms with Crippen LogP contribution in [0.25, 0.3) is 0 Å². The molecule has 1 saturated heterocycles. The van der Waals surface area contributed by atoms with Gasteiger partial charge in [-0.3, -0.25) is 4.79 Å². The van der Waals surface area contributed by atoms with Gasteiger partial charge in [0.25, 0.3) is 0 Å². The molecule has 3 nitrogen and oxygen atoms in total. The summed E-state index contributed by atoms with van der Waals surface area (Å²) >= 11 is 5.82. The molecule has 1 aromatic carbocycles. The minimum Gasteiger partial charge on any atom is -0.351 e. The molecule has 1 fully saturated rings. The molecule has 98 valence electrons. The highest BCUT2D eigenvalue weighted by Gasteiger charge is 2.18. The Hall–Kier alpha value is -1.06. The monoisotopic (exact) mass is 266 g/mol. The van der Waals surface area contributed by atoms with Crippen LogP contribution in [0.3, 0.4) is 0 Å². The van der Waals surface area contributed by atoms with Gasteiger partial charge in [-0.1, -0.05) is 36.6 Å². The molecule has 2 N–H and O–H groups in total. The van der Waals surface area contributed by atoms with E-state index in [1.807, 2.05) is 24.3 Å². The summed E-state index contributed by atoms with van der Waals surface area (Å²) in [5, 5.41) is 6.98. The number of carbonyl (C=O) groups excluding carboxylic acids is 1. The number of hydrogen-bond donors (Lipinski definition) is 2. The van der Waals surface area contributed by atoms with Crippen molar-refractivity contribution in [2.75, 3.05) is 6.54 Å². The molecular weight excluding hydrogens is 248 g/mol. The Balaban J connectivity index is 1.81. The van der Waals surface area contributed by atoms with Crippen molar-refractivity contribution in [2.24, 2.45) is 0 Å². The van der Waals surface area contributed by atoms with Crippen LogP contribution in [-0.2, 0) is 11.3 Å². The smallest absolute Gasteiger partial charge is 0.237 e. The van der Waals surface area contributed by atoms with Crippen LogP contribution in [0.1, 0.15) is 31.2 Å². The van der Waals surface area contributed by atoms with E-state index < -0.39 is 0 Å². The summed E-state index contributed by atoms with van der Waals surface area (Å²) in [6.45, 7) is 1.51. The van der Waals surface area contributed by atoms with Gasteiger partial charge in [0.05, 0.1) is 6.04 Å². The lowest BCUT2D eigenvalue weighted by atomic mass is 10.1. The molecule has 1 amide bonds. The highest BCUT2D eigenvalue weighted by molar-refractivity contribution is 6.30. The third-order valence-electron chi connectivity index (χ3n) is 3.26. The zero-order valence-corrected chi connectivity index (χ0v) is 11.2. The summed E-state index contributed by atoms with van der Waals surface area (Å²) in [5.74, 6) is 0.104. The van der Waals surface area contributed by atoms with Gasteiger partial charge in [0.15, 0.2) is 0 Å². The number of amides is 1. The highest BCUT2D eigenvalue weighted by atomic mass is 35.5. The van der Waals surface area contributed by atoms with Crippen LogP contribution < -0.4 is 10.6 Å². The second-order valence-corrected chi connectivity index (χ2v) is 5.14. The topological polar surface area (TPSA) is 41.1 Å². The first-order valence-electron chi connectivity index (χ1n) is 6.51. The molecule has 1 heterocycles. The van der Waals surface area contributed by atoms with Gasteiger partial charge in [0.1, 0.15) is 0 Å². The molecule has 0 bridgehead atoms. The van der Waals surface area contributed by atoms with E-state index in [2.05, 4.69) is 10.6 Å². The molecule has 1 aliphatic heterocycles. The van der Waals surface area contributed by atoms with Crippen LogP contribution in [0.4, 0.5) is 0 Å². The Bertz CT molecular complexity index is 383. The number of rotatable bonds is 3. The summed E-state index contributed by atoms with van der Waals surface area (Å²) in [6.07, 6.45) is 4.45. The van der Waals surface area contributed by atoms with E-state index in [1.54, 1.807) is 0 Å². The van der Waals surface area contributed by atoms with Gasteiger partial charge >= 0.3 is 0 Å². The zero-order chi connectivity index (χ0) is 12.8. The Kier molecular flexibility index (Phi) is 5.02. The SMILES string of the molecule is O=C(NCc1ccc(Cl)cc1)C1CCCCCN1. The predicted octanol–water partition coefficient (Wildman–Crippen LogP) is 2.49. The van der Waals surface area contributed by atoms with E-state index in [-0.39, 0.29) is 11.9 Å². The standard InChI is InChI=1S/C14H19ClN2O/c15-12-7-5-11(6-8-12)10-17-14(18)13-4-2-1-3-9-16-13/h5-8,13,16H,1-4,9-10H2,(H,17,18). The molecule has 0 aliphatic carbocycles. The van der Waals surface area contributed by atoms with Crippen molar-refractivity contribution in [1.29, 1.82) is 0 Å². The lowest BCUT2D eigenvalue weighted by Crippen LogP contribution is -2.43. The molecule has 0 saturated carbocycles. The quantitative estimate of drug-likeness (QED) is 0.883. The first-order chi connectivity index (χ1) is 8.75. The van der Waals surface area contributed by atoms with Crippen molar-refractivity contribution in [1.82, 2.24) is 10.6 Å². The van der Waals surface area contributed by atoms with Crippen molar-refractivity contribution in [2.45, 2.75) is 38.3 Å². The molecule has 18 heavy (non-hydrogen) atoms. The van der Waals surface area contributed by atoms with Crippen LogP contribution >= 0.6 is 11.6 Å². The van der Waals surface area contributed by atoms with Crippen LogP contribution in [0.5, 0.6) is 0 Å². The van der Waals surface area contributed by atoms with Crippen molar-refractivity contribution < 1.29 is 4.79 Å². The van der Waals surface area contributed by atoms with E-state index in [4.69, 9.17) is 11.6 Å². The number of nitrogens with one attached hydrogen (secondary N) is 2. The second-order valence-electron chi connectivity index (χ2n) is 4.70. The maximum atomic E-state index is 12.0. The third kappa shape index (κ3) is 4.00. The summed E-state index contributed by atoms with van der Waals surface area (Å²) in [7, 11) is 0. The van der Waals surface area contributed by atoms with Crippen LogP contribution in [0, 0.1) is 0 Å². The Morgan fingerprint density at radius 3 is 2.83 bits per heavy atom. The lowest BCUT2D eigenvalue weighted by molar-refractivity contribution is -0.123. The normalized spacial score (nSPS) is 20.2. The zero-order valence-electron chi connectivity index (χ0n) is 10.4. The maximum Gasteiger partial charge on any atom is 0.237 e. The number of hydrogen-bond acceptors (Lipinski definition) is 2. The third-order valence-corrected chi connectivity index (χ3v) is 3.51. The lowest BCUT2D eigenvalue weighted by Gasteiger charge is -2.15. The van der Waals surface area contributed by atoms with Crippen LogP contribution in [-0.4, -0.2) is 18.5 Å². The first kappa shape index (κ1) is 13.4. The summed E-state index contributed by atoms with van der Waals surface area (Å²) in [5.41, 5.74) is 1.07. The Morgan fingerprint density at radius 2 is 2.06 bits per heavy atom. The molecule has 4 heteroatoms. The van der Waals surface area contributed by atoms with Gasteiger partial charge in [0, 0.05) is 11.6 Å². The van der Waals surface area contributed by atoms with Gasteiger partial charge in [-0.2, -0.15) is 0 Å². The molecule has 0 spiro atoms. The summed E-state index contributed by atoms with van der Waals surface area (Å²) in [6, 6.07) is 7.52. The van der Waals surface area contributed by atoms with E-state index in [1.165, 1.54) is 12.8 Å². The molecule has 1 aromatic rings. The Labute approximate surface area is 113 Å². The van der Waals surface area contributed by atoms with Crippen molar-refractivity contribution in [3.8, 4) is 0 Å². The molecule has 2 rings (SSSR count). The fourth-order valence-electron chi connectivity index (χ4n) is 2.17. The second kappa shape index (κ2) is 6.76. The number of halogens is 1. The minimum atomic E-state index is -0.0280. The first-order valence-corrected chi connectivity index (χ1v) is 6.89. The molecule has 1 atom stereocenters. The Morgan fingerprint density at radius 1 is 1.28 bits per heavy atom. The minimum absolute atomic E-state index is 0.0280. The fourth-order valence-corrected chi connectivity index (χ4v) is 2.29. The van der Waals surface area contributed by atoms with Crippen LogP contribution in [0.2, 0.25) is 5.02 Å². The molecular formula is C14H19ClN2O. The molecule has 1 aliphatic rings. The number of carbonyl (C=O) groups is 1. The van der Waals surface area contributed by atoms with Crippen molar-refractivity contribution in [3.05, 3.63) is 34.9 Å². The van der Waals surface area contributed by atoms with Gasteiger partial charge < -0.3 is 10.6 Å². The highest BCUT2D eigenvalue weighted by Crippen LogP contribution is 2.10. The van der Waals surface area contributed by atoms with Gasteiger partial charge in [-0.25, -0.2) is 0 Å². The van der Waals surface area contributed by atoms with Gasteiger partial charge in [0.2, 0.25) is 5.91 Å². The summed E-state index contributed by atoms with van der Waals surface area (Å²) < 4.78 is 0. The van der Waals surface area contributed by atoms with E-state index in [0.29, 0.717) is 6.54 Å². The van der Waals surface area contributed by atoms with E-state index in [9.17, 15) is 4.79 Å². The fraction of sp³-hybridized carbons (Fsp3) is 0.500. The van der Waals surface area contributed by atoms with Gasteiger partial charge in [-0.15, -0.1) is 0 Å². The largest absolute Gasteiger partial charge is 0.351 e. The van der Waals surface area contributed by atoms with Gasteiger partial charge in [-0.05, 0) is 37.1 Å². The number of benzene rings is 1. The predicted molar refractivity (Wildman–Crippen MR) is 73.6 cm³/mol. The maximum absolute atomic E-state index is 12.0. The van der Waals surface area contributed by atoms with Crippen LogP contribution in [0.15, 0.2) is 24.3 Å².